The molecule has 3 rings (SSSR count). The summed E-state index contributed by atoms with van der Waals surface area (Å²) in [7, 11) is 0. The van der Waals surface area contributed by atoms with Gasteiger partial charge in [-0.2, -0.15) is 4.39 Å². The van der Waals surface area contributed by atoms with Gasteiger partial charge in [0, 0.05) is 16.6 Å². The summed E-state index contributed by atoms with van der Waals surface area (Å²) in [5, 5.41) is 13.1. The lowest BCUT2D eigenvalue weighted by Crippen LogP contribution is -2.29. The fraction of sp³-hybridized carbons (Fsp3) is 0.294. The van der Waals surface area contributed by atoms with Crippen molar-refractivity contribution in [1.29, 1.82) is 0 Å². The molecule has 0 aliphatic heterocycles. The first-order valence-corrected chi connectivity index (χ1v) is 8.74. The van der Waals surface area contributed by atoms with Crippen molar-refractivity contribution in [1.82, 2.24) is 0 Å². The van der Waals surface area contributed by atoms with Crippen molar-refractivity contribution in [3.63, 3.8) is 0 Å². The molecule has 1 atom stereocenters. The zero-order chi connectivity index (χ0) is 18.8. The number of carbonyl (C=O) groups is 2. The van der Waals surface area contributed by atoms with Crippen molar-refractivity contribution in [2.45, 2.75) is 32.3 Å². The highest BCUT2D eigenvalue weighted by Crippen LogP contribution is 2.31. The highest BCUT2D eigenvalue weighted by Gasteiger charge is 2.24. The number of nitro groups is 1. The van der Waals surface area contributed by atoms with Gasteiger partial charge in [-0.25, -0.2) is 4.79 Å². The second-order valence-corrected chi connectivity index (χ2v) is 7.01. The second kappa shape index (κ2) is 7.20. The van der Waals surface area contributed by atoms with Crippen molar-refractivity contribution in [2.75, 3.05) is 5.32 Å². The monoisotopic (exact) mass is 378 g/mol. The summed E-state index contributed by atoms with van der Waals surface area (Å²) < 4.78 is 18.5. The first-order valence-electron chi connectivity index (χ1n) is 7.92. The molecule has 7 nitrogen and oxygen atoms in total. The number of aryl methyl sites for hydroxylation is 2. The Bertz CT molecular complexity index is 874. The molecule has 0 saturated heterocycles. The molecule has 2 aromatic rings. The molecule has 0 saturated carbocycles. The number of thiophene rings is 1. The van der Waals surface area contributed by atoms with E-state index in [4.69, 9.17) is 4.74 Å². The molecule has 1 amide bonds. The molecule has 1 aromatic heterocycles. The number of rotatable bonds is 5. The lowest BCUT2D eigenvalue weighted by Gasteiger charge is -2.13. The van der Waals surface area contributed by atoms with E-state index in [0.717, 1.165) is 37.0 Å². The van der Waals surface area contributed by atoms with Crippen molar-refractivity contribution in [2.24, 2.45) is 0 Å². The Balaban J connectivity index is 1.63. The molecule has 0 radical (unpaired) electrons. The van der Waals surface area contributed by atoms with E-state index in [1.54, 1.807) is 6.07 Å². The third-order valence-electron chi connectivity index (χ3n) is 4.01. The van der Waals surface area contributed by atoms with Crippen LogP contribution in [0.2, 0.25) is 0 Å². The number of esters is 1. The van der Waals surface area contributed by atoms with Crippen molar-refractivity contribution < 1.29 is 23.6 Å². The van der Waals surface area contributed by atoms with E-state index in [-0.39, 0.29) is 5.69 Å². The average Bonchev–Trinajstić information content (AvgIpc) is 3.17. The summed E-state index contributed by atoms with van der Waals surface area (Å²) in [5.74, 6) is -2.25. The summed E-state index contributed by atoms with van der Waals surface area (Å²) >= 11 is 1.37. The van der Waals surface area contributed by atoms with E-state index in [1.807, 2.05) is 0 Å². The predicted molar refractivity (Wildman–Crippen MR) is 92.9 cm³/mol. The Morgan fingerprint density at radius 1 is 1.35 bits per heavy atom. The number of hydrogen-bond donors (Lipinski definition) is 1. The topological polar surface area (TPSA) is 98.5 Å². The largest absolute Gasteiger partial charge is 0.448 e. The molecule has 26 heavy (non-hydrogen) atoms. The molecule has 0 bridgehead atoms. The van der Waals surface area contributed by atoms with Gasteiger partial charge in [-0.15, -0.1) is 11.3 Å². The zero-order valence-corrected chi connectivity index (χ0v) is 14.6. The lowest BCUT2D eigenvalue weighted by molar-refractivity contribution is -0.387. The molecule has 1 aliphatic rings. The molecule has 1 N–H and O–H groups in total. The SMILES string of the molecule is C[C@H](OC(=O)c1cc2c(s1)CCC2)C(=O)Nc1ccc(F)c([N+](=O)[O-])c1. The second-order valence-electron chi connectivity index (χ2n) is 5.87. The van der Waals surface area contributed by atoms with Crippen LogP contribution in [0.1, 0.15) is 33.5 Å². The van der Waals surface area contributed by atoms with E-state index < -0.39 is 34.4 Å². The van der Waals surface area contributed by atoms with Gasteiger partial charge in [0.15, 0.2) is 6.10 Å². The maximum atomic E-state index is 13.3. The highest BCUT2D eigenvalue weighted by molar-refractivity contribution is 7.14. The minimum absolute atomic E-state index is 0.0427. The fourth-order valence-electron chi connectivity index (χ4n) is 2.68. The molecule has 1 aliphatic carbocycles. The number of anilines is 1. The van der Waals surface area contributed by atoms with Gasteiger partial charge in [-0.3, -0.25) is 14.9 Å². The standard InChI is InChI=1S/C17H15FN2O5S/c1-9(25-17(22)15-7-10-3-2-4-14(10)26-15)16(21)19-11-5-6-12(18)13(8-11)20(23)24/h5-9H,2-4H2,1H3,(H,19,21)/t9-/m0/s1. The molecule has 0 unspecified atom stereocenters. The van der Waals surface area contributed by atoms with Crippen LogP contribution in [0.25, 0.3) is 0 Å². The van der Waals surface area contributed by atoms with Crippen LogP contribution >= 0.6 is 11.3 Å². The maximum absolute atomic E-state index is 13.3. The number of nitro benzene ring substituents is 1. The predicted octanol–water partition coefficient (Wildman–Crippen LogP) is 3.47. The third-order valence-corrected chi connectivity index (χ3v) is 5.23. The quantitative estimate of drug-likeness (QED) is 0.488. The van der Waals surface area contributed by atoms with E-state index in [1.165, 1.54) is 29.2 Å². The van der Waals surface area contributed by atoms with Crippen LogP contribution in [0.5, 0.6) is 0 Å². The van der Waals surface area contributed by atoms with E-state index in [0.29, 0.717) is 4.88 Å². The summed E-state index contributed by atoms with van der Waals surface area (Å²) in [6.45, 7) is 1.40. The van der Waals surface area contributed by atoms with Crippen LogP contribution < -0.4 is 5.32 Å². The van der Waals surface area contributed by atoms with Gasteiger partial charge in [-0.05, 0) is 49.9 Å². The molecule has 1 heterocycles. The number of benzene rings is 1. The summed E-state index contributed by atoms with van der Waals surface area (Å²) in [5.41, 5.74) is 0.444. The van der Waals surface area contributed by atoms with E-state index in [2.05, 4.69) is 5.32 Å². The van der Waals surface area contributed by atoms with Crippen LogP contribution in [0, 0.1) is 15.9 Å². The van der Waals surface area contributed by atoms with Gasteiger partial charge >= 0.3 is 11.7 Å². The molecular formula is C17H15FN2O5S. The van der Waals surface area contributed by atoms with Crippen LogP contribution in [0.15, 0.2) is 24.3 Å². The fourth-order valence-corrected chi connectivity index (χ4v) is 3.81. The molecule has 0 fully saturated rings. The minimum Gasteiger partial charge on any atom is -0.448 e. The van der Waals surface area contributed by atoms with Gasteiger partial charge in [0.05, 0.1) is 4.92 Å². The van der Waals surface area contributed by atoms with Gasteiger partial charge in [0.1, 0.15) is 4.88 Å². The molecule has 1 aromatic carbocycles. The number of halogens is 1. The Hall–Kier alpha value is -2.81. The minimum atomic E-state index is -1.11. The molecule has 9 heteroatoms. The first kappa shape index (κ1) is 18.0. The number of amides is 1. The summed E-state index contributed by atoms with van der Waals surface area (Å²) in [6.07, 6.45) is 1.87. The summed E-state index contributed by atoms with van der Waals surface area (Å²) in [4.78, 5) is 35.8. The van der Waals surface area contributed by atoms with Crippen molar-refractivity contribution >= 4 is 34.6 Å². The van der Waals surface area contributed by atoms with E-state index >= 15 is 0 Å². The molecule has 136 valence electrons. The number of nitrogens with one attached hydrogen (secondary N) is 1. The Morgan fingerprint density at radius 2 is 2.12 bits per heavy atom. The van der Waals surface area contributed by atoms with Crippen LogP contribution in [0.3, 0.4) is 0 Å². The highest BCUT2D eigenvalue weighted by atomic mass is 32.1. The number of fused-ring (bicyclic) bond motifs is 1. The Kier molecular flexibility index (Phi) is 4.99. The zero-order valence-electron chi connectivity index (χ0n) is 13.8. The number of hydrogen-bond acceptors (Lipinski definition) is 6. The van der Waals surface area contributed by atoms with Gasteiger partial charge in [-0.1, -0.05) is 0 Å². The van der Waals surface area contributed by atoms with Crippen molar-refractivity contribution in [3.05, 3.63) is 55.5 Å². The van der Waals surface area contributed by atoms with Crippen molar-refractivity contribution in [3.8, 4) is 0 Å². The lowest BCUT2D eigenvalue weighted by atomic mass is 10.2. The normalized spacial score (nSPS) is 13.8. The third kappa shape index (κ3) is 3.72. The van der Waals surface area contributed by atoms with Gasteiger partial charge < -0.3 is 10.1 Å². The Labute approximate surface area is 151 Å². The van der Waals surface area contributed by atoms with Gasteiger partial charge in [0.2, 0.25) is 5.82 Å². The van der Waals surface area contributed by atoms with Crippen LogP contribution in [-0.4, -0.2) is 22.9 Å². The number of nitrogens with zero attached hydrogens (tertiary/aromatic N) is 1. The molecule has 0 spiro atoms. The molecular weight excluding hydrogens is 363 g/mol. The van der Waals surface area contributed by atoms with Crippen LogP contribution in [0.4, 0.5) is 15.8 Å². The number of ether oxygens (including phenoxy) is 1. The number of carbonyl (C=O) groups excluding carboxylic acids is 2. The first-order chi connectivity index (χ1) is 12.3. The average molecular weight is 378 g/mol. The van der Waals surface area contributed by atoms with E-state index in [9.17, 15) is 24.1 Å². The smallest absolute Gasteiger partial charge is 0.349 e. The van der Waals surface area contributed by atoms with Crippen LogP contribution in [-0.2, 0) is 22.4 Å². The van der Waals surface area contributed by atoms with Gasteiger partial charge in [0.25, 0.3) is 5.91 Å². The Morgan fingerprint density at radius 3 is 2.81 bits per heavy atom. The summed E-state index contributed by atoms with van der Waals surface area (Å²) in [6, 6.07) is 4.78. The maximum Gasteiger partial charge on any atom is 0.349 e.